The van der Waals surface area contributed by atoms with Crippen LogP contribution in [0.3, 0.4) is 0 Å². The number of aryl methyl sites for hydroxylation is 1. The van der Waals surface area contributed by atoms with Crippen LogP contribution in [0.25, 0.3) is 10.8 Å². The Labute approximate surface area is 161 Å². The number of carbonyl (C=O) groups excluding carboxylic acids is 1. The van der Waals surface area contributed by atoms with Gasteiger partial charge in [-0.25, -0.2) is 0 Å². The Hall–Kier alpha value is -2.81. The molecule has 0 spiro atoms. The summed E-state index contributed by atoms with van der Waals surface area (Å²) in [6.07, 6.45) is 1.88. The van der Waals surface area contributed by atoms with E-state index in [0.29, 0.717) is 12.5 Å². The first-order chi connectivity index (χ1) is 13.1. The van der Waals surface area contributed by atoms with Gasteiger partial charge >= 0.3 is 0 Å². The van der Waals surface area contributed by atoms with Crippen molar-refractivity contribution in [1.29, 1.82) is 0 Å². The van der Waals surface area contributed by atoms with E-state index >= 15 is 0 Å². The van der Waals surface area contributed by atoms with Gasteiger partial charge in [0.25, 0.3) is 5.91 Å². The SMILES string of the molecule is CC(C)c1ccc(CCCNC(=O)COc2cccc3ccccc23)cc1. The smallest absolute Gasteiger partial charge is 0.257 e. The molecule has 3 aromatic rings. The van der Waals surface area contributed by atoms with Crippen molar-refractivity contribution in [1.82, 2.24) is 5.32 Å². The highest BCUT2D eigenvalue weighted by Crippen LogP contribution is 2.24. The lowest BCUT2D eigenvalue weighted by molar-refractivity contribution is -0.123. The van der Waals surface area contributed by atoms with E-state index in [9.17, 15) is 4.79 Å². The summed E-state index contributed by atoms with van der Waals surface area (Å²) in [4.78, 5) is 12.0. The van der Waals surface area contributed by atoms with Crippen molar-refractivity contribution in [2.45, 2.75) is 32.6 Å². The molecule has 0 aliphatic carbocycles. The van der Waals surface area contributed by atoms with Crippen LogP contribution in [-0.4, -0.2) is 19.1 Å². The molecule has 0 aromatic heterocycles. The zero-order valence-corrected chi connectivity index (χ0v) is 16.1. The number of rotatable bonds is 8. The van der Waals surface area contributed by atoms with E-state index in [1.54, 1.807) is 0 Å². The first-order valence-corrected chi connectivity index (χ1v) is 9.59. The van der Waals surface area contributed by atoms with E-state index in [0.717, 1.165) is 29.4 Å². The van der Waals surface area contributed by atoms with Crippen molar-refractivity contribution in [2.75, 3.05) is 13.2 Å². The normalized spacial score (nSPS) is 10.9. The summed E-state index contributed by atoms with van der Waals surface area (Å²) in [5.41, 5.74) is 2.67. The molecule has 0 bridgehead atoms. The summed E-state index contributed by atoms with van der Waals surface area (Å²) in [6, 6.07) is 22.6. The predicted molar refractivity (Wildman–Crippen MR) is 111 cm³/mol. The van der Waals surface area contributed by atoms with E-state index in [1.165, 1.54) is 11.1 Å². The molecule has 3 heteroatoms. The van der Waals surface area contributed by atoms with Gasteiger partial charge in [-0.3, -0.25) is 4.79 Å². The standard InChI is InChI=1S/C24H27NO2/c1-18(2)20-14-12-19(13-15-20)7-6-16-25-24(26)17-27-23-11-5-9-21-8-3-4-10-22(21)23/h3-5,8-15,18H,6-7,16-17H2,1-2H3,(H,25,26). The van der Waals surface area contributed by atoms with E-state index in [-0.39, 0.29) is 12.5 Å². The summed E-state index contributed by atoms with van der Waals surface area (Å²) in [5, 5.41) is 5.07. The van der Waals surface area contributed by atoms with E-state index in [2.05, 4.69) is 43.4 Å². The van der Waals surface area contributed by atoms with Crippen molar-refractivity contribution in [3.05, 3.63) is 77.9 Å². The lowest BCUT2D eigenvalue weighted by Crippen LogP contribution is -2.29. The minimum Gasteiger partial charge on any atom is -0.483 e. The number of ether oxygens (including phenoxy) is 1. The Balaban J connectivity index is 1.41. The van der Waals surface area contributed by atoms with Gasteiger partial charge in [0.05, 0.1) is 0 Å². The van der Waals surface area contributed by atoms with Gasteiger partial charge in [0.15, 0.2) is 6.61 Å². The molecule has 3 aromatic carbocycles. The Kier molecular flexibility index (Phi) is 6.48. The van der Waals surface area contributed by atoms with Crippen molar-refractivity contribution in [3.8, 4) is 5.75 Å². The molecule has 0 saturated carbocycles. The quantitative estimate of drug-likeness (QED) is 0.568. The third-order valence-corrected chi connectivity index (χ3v) is 4.72. The van der Waals surface area contributed by atoms with Gasteiger partial charge in [0.2, 0.25) is 0 Å². The maximum Gasteiger partial charge on any atom is 0.257 e. The maximum atomic E-state index is 12.0. The number of nitrogens with one attached hydrogen (secondary N) is 1. The predicted octanol–water partition coefficient (Wildman–Crippen LogP) is 5.09. The fourth-order valence-electron chi connectivity index (χ4n) is 3.11. The third-order valence-electron chi connectivity index (χ3n) is 4.72. The molecule has 1 N–H and O–H groups in total. The summed E-state index contributed by atoms with van der Waals surface area (Å²) in [6.45, 7) is 5.09. The highest BCUT2D eigenvalue weighted by molar-refractivity contribution is 5.88. The van der Waals surface area contributed by atoms with Crippen molar-refractivity contribution >= 4 is 16.7 Å². The van der Waals surface area contributed by atoms with Crippen molar-refractivity contribution < 1.29 is 9.53 Å². The van der Waals surface area contributed by atoms with E-state index < -0.39 is 0 Å². The molecule has 3 rings (SSSR count). The lowest BCUT2D eigenvalue weighted by atomic mass is 10.0. The van der Waals surface area contributed by atoms with Crippen LogP contribution < -0.4 is 10.1 Å². The second-order valence-electron chi connectivity index (χ2n) is 7.12. The van der Waals surface area contributed by atoms with E-state index in [1.807, 2.05) is 42.5 Å². The molecule has 0 heterocycles. The van der Waals surface area contributed by atoms with Gasteiger partial charge in [-0.2, -0.15) is 0 Å². The number of amides is 1. The van der Waals surface area contributed by atoms with Crippen molar-refractivity contribution in [3.63, 3.8) is 0 Å². The summed E-state index contributed by atoms with van der Waals surface area (Å²) in [5.74, 6) is 1.21. The Morgan fingerprint density at radius 1 is 0.963 bits per heavy atom. The Morgan fingerprint density at radius 2 is 1.70 bits per heavy atom. The first-order valence-electron chi connectivity index (χ1n) is 9.59. The van der Waals surface area contributed by atoms with Gasteiger partial charge < -0.3 is 10.1 Å². The van der Waals surface area contributed by atoms with Crippen LogP contribution in [0.1, 0.15) is 37.3 Å². The molecule has 1 amide bonds. The fraction of sp³-hybridized carbons (Fsp3) is 0.292. The van der Waals surface area contributed by atoms with Crippen LogP contribution in [0.2, 0.25) is 0 Å². The van der Waals surface area contributed by atoms with Crippen LogP contribution >= 0.6 is 0 Å². The number of fused-ring (bicyclic) bond motifs is 1. The Morgan fingerprint density at radius 3 is 2.48 bits per heavy atom. The largest absolute Gasteiger partial charge is 0.483 e. The topological polar surface area (TPSA) is 38.3 Å². The van der Waals surface area contributed by atoms with Gasteiger partial charge in [-0.1, -0.05) is 74.5 Å². The second-order valence-corrected chi connectivity index (χ2v) is 7.12. The van der Waals surface area contributed by atoms with Crippen LogP contribution in [0.15, 0.2) is 66.7 Å². The third kappa shape index (κ3) is 5.33. The minimum absolute atomic E-state index is 0.0388. The van der Waals surface area contributed by atoms with Crippen LogP contribution in [0.4, 0.5) is 0 Å². The molecule has 0 atom stereocenters. The zero-order chi connectivity index (χ0) is 19.1. The number of carbonyl (C=O) groups is 1. The molecule has 0 fully saturated rings. The minimum atomic E-state index is -0.0851. The molecule has 140 valence electrons. The monoisotopic (exact) mass is 361 g/mol. The molecule has 0 unspecified atom stereocenters. The number of hydrogen-bond acceptors (Lipinski definition) is 2. The van der Waals surface area contributed by atoms with Crippen molar-refractivity contribution in [2.24, 2.45) is 0 Å². The zero-order valence-electron chi connectivity index (χ0n) is 16.1. The number of hydrogen-bond donors (Lipinski definition) is 1. The Bertz CT molecular complexity index is 879. The molecule has 27 heavy (non-hydrogen) atoms. The van der Waals surface area contributed by atoms with Gasteiger partial charge in [0.1, 0.15) is 5.75 Å². The van der Waals surface area contributed by atoms with Gasteiger partial charge in [-0.15, -0.1) is 0 Å². The second kappa shape index (κ2) is 9.22. The molecule has 3 nitrogen and oxygen atoms in total. The van der Waals surface area contributed by atoms with Crippen LogP contribution in [0.5, 0.6) is 5.75 Å². The van der Waals surface area contributed by atoms with Gasteiger partial charge in [0, 0.05) is 11.9 Å². The highest BCUT2D eigenvalue weighted by atomic mass is 16.5. The molecule has 0 saturated heterocycles. The lowest BCUT2D eigenvalue weighted by Gasteiger charge is -2.10. The highest BCUT2D eigenvalue weighted by Gasteiger charge is 2.05. The molecule has 0 aliphatic rings. The first kappa shape index (κ1) is 19.0. The number of benzene rings is 3. The molecule has 0 aliphatic heterocycles. The summed E-state index contributed by atoms with van der Waals surface area (Å²) < 4.78 is 5.72. The van der Waals surface area contributed by atoms with E-state index in [4.69, 9.17) is 4.74 Å². The molecule has 0 radical (unpaired) electrons. The maximum absolute atomic E-state index is 12.0. The molecular formula is C24H27NO2. The van der Waals surface area contributed by atoms with Crippen LogP contribution in [0, 0.1) is 0 Å². The van der Waals surface area contributed by atoms with Crippen LogP contribution in [-0.2, 0) is 11.2 Å². The van der Waals surface area contributed by atoms with Gasteiger partial charge in [-0.05, 0) is 41.3 Å². The fourth-order valence-corrected chi connectivity index (χ4v) is 3.11. The molecular weight excluding hydrogens is 334 g/mol. The average Bonchev–Trinajstić information content (AvgIpc) is 2.70. The summed E-state index contributed by atoms with van der Waals surface area (Å²) in [7, 11) is 0. The average molecular weight is 361 g/mol. The summed E-state index contributed by atoms with van der Waals surface area (Å²) >= 11 is 0.